The van der Waals surface area contributed by atoms with Crippen LogP contribution in [0.4, 0.5) is 0 Å². The molecule has 0 bridgehead atoms. The molecular weight excluding hydrogens is 232 g/mol. The zero-order valence-electron chi connectivity index (χ0n) is 11.3. The molecule has 1 rings (SSSR count). The Morgan fingerprint density at radius 3 is 2.94 bits per heavy atom. The third kappa shape index (κ3) is 4.38. The van der Waals surface area contributed by atoms with Gasteiger partial charge in [-0.25, -0.2) is 5.84 Å². The average molecular weight is 254 g/mol. The van der Waals surface area contributed by atoms with Gasteiger partial charge in [0.15, 0.2) is 0 Å². The molecule has 0 aliphatic rings. The largest absolute Gasteiger partial charge is 0.469 e. The van der Waals surface area contributed by atoms with Crippen LogP contribution in [0.25, 0.3) is 0 Å². The second-order valence-corrected chi connectivity index (χ2v) is 4.05. The van der Waals surface area contributed by atoms with Crippen LogP contribution in [0.15, 0.2) is 21.7 Å². The van der Waals surface area contributed by atoms with Crippen molar-refractivity contribution in [3.63, 3.8) is 0 Å². The van der Waals surface area contributed by atoms with Gasteiger partial charge in [-0.05, 0) is 19.4 Å². The summed E-state index contributed by atoms with van der Waals surface area (Å²) in [5, 5.41) is 0. The number of nitrogens with zero attached hydrogens (tertiary/aromatic N) is 2. The smallest absolute Gasteiger partial charge is 0.208 e. The summed E-state index contributed by atoms with van der Waals surface area (Å²) >= 11 is 0. The molecule has 0 saturated carbocycles. The number of hydrazine groups is 1. The number of guanidine groups is 1. The Morgan fingerprint density at radius 2 is 2.39 bits per heavy atom. The van der Waals surface area contributed by atoms with Crippen LogP contribution in [0.2, 0.25) is 0 Å². The lowest BCUT2D eigenvalue weighted by molar-refractivity contribution is 0.197. The number of hydrogen-bond acceptors (Lipinski definition) is 4. The van der Waals surface area contributed by atoms with E-state index in [1.165, 1.54) is 0 Å². The number of hydrogen-bond donors (Lipinski definition) is 2. The lowest BCUT2D eigenvalue weighted by Gasteiger charge is -2.20. The lowest BCUT2D eigenvalue weighted by Crippen LogP contribution is -2.42. The van der Waals surface area contributed by atoms with Gasteiger partial charge in [0.05, 0.1) is 6.26 Å². The van der Waals surface area contributed by atoms with E-state index < -0.39 is 0 Å². The van der Waals surface area contributed by atoms with Gasteiger partial charge < -0.3 is 14.1 Å². The SMILES string of the molecule is COCCCN=C(NN)N(C)Cc1ccoc1C. The lowest BCUT2D eigenvalue weighted by atomic mass is 10.2. The van der Waals surface area contributed by atoms with Gasteiger partial charge in [0, 0.05) is 39.4 Å². The van der Waals surface area contributed by atoms with Crippen molar-refractivity contribution < 1.29 is 9.15 Å². The first-order valence-corrected chi connectivity index (χ1v) is 5.93. The first-order valence-electron chi connectivity index (χ1n) is 5.93. The summed E-state index contributed by atoms with van der Waals surface area (Å²) in [5.41, 5.74) is 3.74. The number of nitrogens with two attached hydrogens (primary N) is 1. The minimum atomic E-state index is 0.659. The minimum absolute atomic E-state index is 0.659. The molecule has 6 heteroatoms. The van der Waals surface area contributed by atoms with Crippen molar-refractivity contribution in [2.75, 3.05) is 27.3 Å². The number of aliphatic imine (C=N–C) groups is 1. The molecule has 0 aliphatic heterocycles. The molecular formula is C12H22N4O2. The standard InChI is InChI=1S/C12H22N4O2/c1-10-11(5-8-18-10)9-16(2)12(15-13)14-6-4-7-17-3/h5,8H,4,6-7,9,13H2,1-3H3,(H,14,15). The first kappa shape index (κ1) is 14.5. The van der Waals surface area contributed by atoms with Gasteiger partial charge in [0.25, 0.3) is 0 Å². The van der Waals surface area contributed by atoms with Crippen LogP contribution < -0.4 is 11.3 Å². The maximum absolute atomic E-state index is 5.48. The van der Waals surface area contributed by atoms with E-state index >= 15 is 0 Å². The Morgan fingerprint density at radius 1 is 1.61 bits per heavy atom. The Kier molecular flexibility index (Phi) is 6.24. The molecule has 1 aromatic heterocycles. The van der Waals surface area contributed by atoms with E-state index in [0.29, 0.717) is 25.7 Å². The van der Waals surface area contributed by atoms with Gasteiger partial charge in [-0.3, -0.25) is 10.4 Å². The quantitative estimate of drug-likeness (QED) is 0.259. The van der Waals surface area contributed by atoms with E-state index in [2.05, 4.69) is 10.4 Å². The summed E-state index contributed by atoms with van der Waals surface area (Å²) in [7, 11) is 3.61. The van der Waals surface area contributed by atoms with Crippen LogP contribution in [0.1, 0.15) is 17.7 Å². The van der Waals surface area contributed by atoms with E-state index in [1.807, 2.05) is 24.9 Å². The maximum atomic E-state index is 5.48. The monoisotopic (exact) mass is 254 g/mol. The van der Waals surface area contributed by atoms with Gasteiger partial charge in [0.1, 0.15) is 5.76 Å². The van der Waals surface area contributed by atoms with Crippen LogP contribution in [0, 0.1) is 6.92 Å². The van der Waals surface area contributed by atoms with Gasteiger partial charge in [-0.15, -0.1) is 0 Å². The molecule has 0 unspecified atom stereocenters. The number of furan rings is 1. The fraction of sp³-hybridized carbons (Fsp3) is 0.583. The van der Waals surface area contributed by atoms with Gasteiger partial charge >= 0.3 is 0 Å². The number of rotatable bonds is 6. The van der Waals surface area contributed by atoms with Gasteiger partial charge in [-0.2, -0.15) is 0 Å². The first-order chi connectivity index (χ1) is 8.69. The second kappa shape index (κ2) is 7.73. The summed E-state index contributed by atoms with van der Waals surface area (Å²) in [5.74, 6) is 7.05. The molecule has 0 saturated heterocycles. The Bertz CT molecular complexity index is 376. The van der Waals surface area contributed by atoms with Gasteiger partial charge in [0.2, 0.25) is 5.96 Å². The van der Waals surface area contributed by atoms with Crippen molar-refractivity contribution in [3.8, 4) is 0 Å². The topological polar surface area (TPSA) is 76.0 Å². The predicted molar refractivity (Wildman–Crippen MR) is 71.0 cm³/mol. The molecule has 1 heterocycles. The number of nitrogens with one attached hydrogen (secondary N) is 1. The number of ether oxygens (including phenoxy) is 1. The van der Waals surface area contributed by atoms with Crippen molar-refractivity contribution in [2.45, 2.75) is 19.9 Å². The van der Waals surface area contributed by atoms with Crippen molar-refractivity contribution in [1.29, 1.82) is 0 Å². The minimum Gasteiger partial charge on any atom is -0.469 e. The molecule has 0 aliphatic carbocycles. The van der Waals surface area contributed by atoms with Crippen molar-refractivity contribution in [2.24, 2.45) is 10.8 Å². The molecule has 0 aromatic carbocycles. The van der Waals surface area contributed by atoms with Crippen LogP contribution >= 0.6 is 0 Å². The normalized spacial score (nSPS) is 11.7. The van der Waals surface area contributed by atoms with Gasteiger partial charge in [-0.1, -0.05) is 0 Å². The van der Waals surface area contributed by atoms with Crippen LogP contribution in [0.3, 0.4) is 0 Å². The Balaban J connectivity index is 2.51. The van der Waals surface area contributed by atoms with Crippen molar-refractivity contribution in [3.05, 3.63) is 23.7 Å². The Hall–Kier alpha value is -1.53. The molecule has 0 spiro atoms. The summed E-state index contributed by atoms with van der Waals surface area (Å²) in [6.45, 7) is 4.03. The molecule has 102 valence electrons. The fourth-order valence-corrected chi connectivity index (χ4v) is 1.58. The second-order valence-electron chi connectivity index (χ2n) is 4.05. The molecule has 0 fully saturated rings. The zero-order chi connectivity index (χ0) is 13.4. The number of aryl methyl sites for hydroxylation is 1. The number of methoxy groups -OCH3 is 1. The predicted octanol–water partition coefficient (Wildman–Crippen LogP) is 0.876. The summed E-state index contributed by atoms with van der Waals surface area (Å²) in [4.78, 5) is 6.33. The van der Waals surface area contributed by atoms with E-state index in [0.717, 1.165) is 17.7 Å². The van der Waals surface area contributed by atoms with Crippen LogP contribution in [-0.4, -0.2) is 38.2 Å². The molecule has 18 heavy (non-hydrogen) atoms. The molecule has 3 N–H and O–H groups in total. The summed E-state index contributed by atoms with van der Waals surface area (Å²) in [6.07, 6.45) is 2.56. The van der Waals surface area contributed by atoms with Crippen LogP contribution in [0.5, 0.6) is 0 Å². The highest BCUT2D eigenvalue weighted by Gasteiger charge is 2.08. The molecule has 0 amide bonds. The molecule has 0 radical (unpaired) electrons. The van der Waals surface area contributed by atoms with E-state index in [9.17, 15) is 0 Å². The van der Waals surface area contributed by atoms with E-state index in [-0.39, 0.29) is 0 Å². The van der Waals surface area contributed by atoms with Crippen molar-refractivity contribution >= 4 is 5.96 Å². The van der Waals surface area contributed by atoms with E-state index in [4.69, 9.17) is 15.0 Å². The molecule has 1 aromatic rings. The maximum Gasteiger partial charge on any atom is 0.208 e. The summed E-state index contributed by atoms with van der Waals surface area (Å²) < 4.78 is 10.2. The fourth-order valence-electron chi connectivity index (χ4n) is 1.58. The van der Waals surface area contributed by atoms with Crippen LogP contribution in [-0.2, 0) is 11.3 Å². The van der Waals surface area contributed by atoms with E-state index in [1.54, 1.807) is 13.4 Å². The highest BCUT2D eigenvalue weighted by Crippen LogP contribution is 2.10. The Labute approximate surface area is 108 Å². The molecule has 0 atom stereocenters. The highest BCUT2D eigenvalue weighted by atomic mass is 16.5. The van der Waals surface area contributed by atoms with Crippen molar-refractivity contribution in [1.82, 2.24) is 10.3 Å². The molecule has 6 nitrogen and oxygen atoms in total. The third-order valence-corrected chi connectivity index (χ3v) is 2.63. The summed E-state index contributed by atoms with van der Waals surface area (Å²) in [6, 6.07) is 1.95. The third-order valence-electron chi connectivity index (χ3n) is 2.63. The average Bonchev–Trinajstić information content (AvgIpc) is 2.75. The highest BCUT2D eigenvalue weighted by molar-refractivity contribution is 5.79. The zero-order valence-corrected chi connectivity index (χ0v) is 11.3.